The van der Waals surface area contributed by atoms with E-state index in [4.69, 9.17) is 0 Å². The van der Waals surface area contributed by atoms with Crippen molar-refractivity contribution in [1.29, 1.82) is 0 Å². The first-order valence-corrected chi connectivity index (χ1v) is 5.08. The molecule has 0 fully saturated rings. The van der Waals surface area contributed by atoms with E-state index in [1.807, 2.05) is 38.9 Å². The van der Waals surface area contributed by atoms with Crippen molar-refractivity contribution in [3.63, 3.8) is 0 Å². The van der Waals surface area contributed by atoms with Gasteiger partial charge in [-0.2, -0.15) is 0 Å². The van der Waals surface area contributed by atoms with Gasteiger partial charge in [0.05, 0.1) is 0 Å². The molecule has 0 amide bonds. The van der Waals surface area contributed by atoms with Gasteiger partial charge in [0.25, 0.3) is 6.43 Å². The second-order valence-corrected chi connectivity index (χ2v) is 3.24. The minimum atomic E-state index is -2.39. The Hall–Kier alpha value is -1.12. The SMILES string of the molecule is CC.Cc1ccc(N(C)C)cc1C(F)F. The lowest BCUT2D eigenvalue weighted by Crippen LogP contribution is -2.09. The molecule has 1 rings (SSSR count). The summed E-state index contributed by atoms with van der Waals surface area (Å²) in [6, 6.07) is 5.08. The Morgan fingerprint density at radius 2 is 1.67 bits per heavy atom. The highest BCUT2D eigenvalue weighted by Crippen LogP contribution is 2.26. The summed E-state index contributed by atoms with van der Waals surface area (Å²) in [5.41, 5.74) is 1.56. The van der Waals surface area contributed by atoms with Gasteiger partial charge in [0, 0.05) is 25.3 Å². The number of anilines is 1. The average Bonchev–Trinajstić information content (AvgIpc) is 2.20. The number of halogens is 2. The molecule has 0 heterocycles. The number of hydrogen-bond acceptors (Lipinski definition) is 1. The Morgan fingerprint density at radius 3 is 2.07 bits per heavy atom. The van der Waals surface area contributed by atoms with Gasteiger partial charge >= 0.3 is 0 Å². The molecule has 0 atom stereocenters. The first-order chi connectivity index (χ1) is 7.02. The van der Waals surface area contributed by atoms with Crippen LogP contribution in [0.2, 0.25) is 0 Å². The fourth-order valence-electron chi connectivity index (χ4n) is 1.14. The highest BCUT2D eigenvalue weighted by atomic mass is 19.3. The van der Waals surface area contributed by atoms with Crippen LogP contribution in [0.1, 0.15) is 31.4 Å². The van der Waals surface area contributed by atoms with Gasteiger partial charge < -0.3 is 4.90 Å². The van der Waals surface area contributed by atoms with Crippen molar-refractivity contribution in [1.82, 2.24) is 0 Å². The van der Waals surface area contributed by atoms with Crippen molar-refractivity contribution in [2.24, 2.45) is 0 Å². The maximum absolute atomic E-state index is 12.5. The number of aryl methyl sites for hydroxylation is 1. The van der Waals surface area contributed by atoms with Crippen LogP contribution in [-0.2, 0) is 0 Å². The first-order valence-electron chi connectivity index (χ1n) is 5.08. The Labute approximate surface area is 90.7 Å². The Balaban J connectivity index is 0.000000921. The molecule has 0 radical (unpaired) electrons. The molecule has 86 valence electrons. The molecule has 1 aromatic carbocycles. The quantitative estimate of drug-likeness (QED) is 0.720. The van der Waals surface area contributed by atoms with Crippen LogP contribution in [0, 0.1) is 6.92 Å². The number of hydrogen-bond donors (Lipinski definition) is 0. The van der Waals surface area contributed by atoms with Crippen molar-refractivity contribution in [3.8, 4) is 0 Å². The van der Waals surface area contributed by atoms with Crippen LogP contribution in [0.5, 0.6) is 0 Å². The van der Waals surface area contributed by atoms with E-state index in [9.17, 15) is 8.78 Å². The van der Waals surface area contributed by atoms with E-state index in [0.717, 1.165) is 5.69 Å². The molecule has 0 aliphatic rings. The maximum Gasteiger partial charge on any atom is 0.264 e. The highest BCUT2D eigenvalue weighted by Gasteiger charge is 2.11. The number of benzene rings is 1. The third kappa shape index (κ3) is 3.86. The topological polar surface area (TPSA) is 3.24 Å². The summed E-state index contributed by atoms with van der Waals surface area (Å²) >= 11 is 0. The lowest BCUT2D eigenvalue weighted by Gasteiger charge is -2.14. The second-order valence-electron chi connectivity index (χ2n) is 3.24. The third-order valence-electron chi connectivity index (χ3n) is 2.01. The average molecular weight is 215 g/mol. The van der Waals surface area contributed by atoms with Crippen molar-refractivity contribution in [3.05, 3.63) is 29.3 Å². The van der Waals surface area contributed by atoms with E-state index in [-0.39, 0.29) is 5.56 Å². The molecular formula is C12H19F2N. The molecule has 0 aromatic heterocycles. The van der Waals surface area contributed by atoms with Gasteiger partial charge in [-0.3, -0.25) is 0 Å². The van der Waals surface area contributed by atoms with E-state index < -0.39 is 6.43 Å². The van der Waals surface area contributed by atoms with Gasteiger partial charge in [-0.05, 0) is 24.6 Å². The van der Waals surface area contributed by atoms with Gasteiger partial charge in [-0.25, -0.2) is 8.78 Å². The molecule has 0 bridgehead atoms. The van der Waals surface area contributed by atoms with Crippen LogP contribution in [0.25, 0.3) is 0 Å². The molecule has 0 saturated carbocycles. The zero-order valence-electron chi connectivity index (χ0n) is 10.0. The van der Waals surface area contributed by atoms with Crippen LogP contribution in [-0.4, -0.2) is 14.1 Å². The standard InChI is InChI=1S/C10H13F2N.C2H6/c1-7-4-5-8(13(2)3)6-9(7)10(11)12;1-2/h4-6,10H,1-3H3;1-2H3. The predicted molar refractivity (Wildman–Crippen MR) is 61.8 cm³/mol. The molecule has 1 aromatic rings. The predicted octanol–water partition coefficient (Wildman–Crippen LogP) is 4.02. The molecule has 15 heavy (non-hydrogen) atoms. The smallest absolute Gasteiger partial charge is 0.264 e. The Bertz CT molecular complexity index is 296. The van der Waals surface area contributed by atoms with E-state index in [1.165, 1.54) is 6.07 Å². The van der Waals surface area contributed by atoms with Gasteiger partial charge in [-0.15, -0.1) is 0 Å². The summed E-state index contributed by atoms with van der Waals surface area (Å²) in [6.07, 6.45) is -2.39. The fourth-order valence-corrected chi connectivity index (χ4v) is 1.14. The summed E-state index contributed by atoms with van der Waals surface area (Å²) in [6.45, 7) is 5.70. The lowest BCUT2D eigenvalue weighted by atomic mass is 10.1. The molecule has 1 nitrogen and oxygen atoms in total. The van der Waals surface area contributed by atoms with E-state index in [1.54, 1.807) is 13.0 Å². The van der Waals surface area contributed by atoms with E-state index in [0.29, 0.717) is 5.56 Å². The summed E-state index contributed by atoms with van der Waals surface area (Å²) in [7, 11) is 3.67. The molecule has 0 saturated heterocycles. The summed E-state index contributed by atoms with van der Waals surface area (Å²) in [4.78, 5) is 1.81. The molecule has 0 N–H and O–H groups in total. The number of rotatable bonds is 2. The van der Waals surface area contributed by atoms with Crippen LogP contribution in [0.4, 0.5) is 14.5 Å². The van der Waals surface area contributed by atoms with Gasteiger partial charge in [0.2, 0.25) is 0 Å². The monoisotopic (exact) mass is 215 g/mol. The van der Waals surface area contributed by atoms with Gasteiger partial charge in [0.1, 0.15) is 0 Å². The van der Waals surface area contributed by atoms with Crippen molar-refractivity contribution < 1.29 is 8.78 Å². The van der Waals surface area contributed by atoms with Crippen LogP contribution in [0.15, 0.2) is 18.2 Å². The zero-order chi connectivity index (χ0) is 12.0. The van der Waals surface area contributed by atoms with E-state index >= 15 is 0 Å². The lowest BCUT2D eigenvalue weighted by molar-refractivity contribution is 0.150. The maximum atomic E-state index is 12.5. The highest BCUT2D eigenvalue weighted by molar-refractivity contribution is 5.50. The van der Waals surface area contributed by atoms with Crippen molar-refractivity contribution >= 4 is 5.69 Å². The minimum absolute atomic E-state index is 0.117. The van der Waals surface area contributed by atoms with E-state index in [2.05, 4.69) is 0 Å². The normalized spacial score (nSPS) is 9.60. The molecular weight excluding hydrogens is 196 g/mol. The van der Waals surface area contributed by atoms with Crippen LogP contribution < -0.4 is 4.90 Å². The molecule has 0 aliphatic heterocycles. The number of alkyl halides is 2. The summed E-state index contributed by atoms with van der Waals surface area (Å²) in [5.74, 6) is 0. The molecule has 0 unspecified atom stereocenters. The fraction of sp³-hybridized carbons (Fsp3) is 0.500. The van der Waals surface area contributed by atoms with Crippen molar-refractivity contribution in [2.75, 3.05) is 19.0 Å². The molecule has 0 spiro atoms. The molecule has 0 aliphatic carbocycles. The summed E-state index contributed by atoms with van der Waals surface area (Å²) in [5, 5.41) is 0. The Morgan fingerprint density at radius 1 is 1.13 bits per heavy atom. The Kier molecular flexibility index (Phi) is 5.90. The number of nitrogens with zero attached hydrogens (tertiary/aromatic N) is 1. The minimum Gasteiger partial charge on any atom is -0.378 e. The van der Waals surface area contributed by atoms with Gasteiger partial charge in [-0.1, -0.05) is 19.9 Å². The summed E-state index contributed by atoms with van der Waals surface area (Å²) < 4.78 is 24.9. The molecule has 3 heteroatoms. The zero-order valence-corrected chi connectivity index (χ0v) is 10.0. The first kappa shape index (κ1) is 13.9. The van der Waals surface area contributed by atoms with Crippen LogP contribution >= 0.6 is 0 Å². The van der Waals surface area contributed by atoms with Crippen molar-refractivity contribution in [2.45, 2.75) is 27.2 Å². The largest absolute Gasteiger partial charge is 0.378 e. The van der Waals surface area contributed by atoms with Gasteiger partial charge in [0.15, 0.2) is 0 Å². The van der Waals surface area contributed by atoms with Crippen LogP contribution in [0.3, 0.4) is 0 Å². The third-order valence-corrected chi connectivity index (χ3v) is 2.01. The second kappa shape index (κ2) is 6.38.